The maximum absolute atomic E-state index is 13.6. The van der Waals surface area contributed by atoms with Crippen LogP contribution in [0, 0.1) is 11.8 Å². The first kappa shape index (κ1) is 30.8. The van der Waals surface area contributed by atoms with Crippen LogP contribution < -0.4 is 15.0 Å². The van der Waals surface area contributed by atoms with Gasteiger partial charge in [-0.05, 0) is 85.8 Å². The Balaban J connectivity index is 1.24. The second-order valence-corrected chi connectivity index (χ2v) is 11.9. The Morgan fingerprint density at radius 3 is 2.35 bits per heavy atom. The van der Waals surface area contributed by atoms with Crippen LogP contribution >= 0.6 is 11.6 Å². The molecule has 43 heavy (non-hydrogen) atoms. The molecule has 3 aromatic rings. The molecule has 0 saturated carbocycles. The molecule has 0 atom stereocenters. The van der Waals surface area contributed by atoms with Gasteiger partial charge in [0.2, 0.25) is 0 Å². The quantitative estimate of drug-likeness (QED) is 0.238. The van der Waals surface area contributed by atoms with Gasteiger partial charge in [0, 0.05) is 63.4 Å². The highest BCUT2D eigenvalue weighted by Gasteiger charge is 2.43. The molecule has 2 aliphatic heterocycles. The smallest absolute Gasteiger partial charge is 0.323 e. The van der Waals surface area contributed by atoms with E-state index >= 15 is 0 Å². The van der Waals surface area contributed by atoms with Crippen molar-refractivity contribution >= 4 is 29.0 Å². The van der Waals surface area contributed by atoms with E-state index in [1.165, 1.54) is 24.1 Å². The van der Waals surface area contributed by atoms with Crippen molar-refractivity contribution in [2.45, 2.75) is 58.7 Å². The van der Waals surface area contributed by atoms with Gasteiger partial charge in [0.15, 0.2) is 5.66 Å². The molecule has 5 rings (SSSR count). The summed E-state index contributed by atoms with van der Waals surface area (Å²) in [5.74, 6) is 0.777. The van der Waals surface area contributed by atoms with Crippen LogP contribution in [-0.4, -0.2) is 60.8 Å². The summed E-state index contributed by atoms with van der Waals surface area (Å²) < 4.78 is 5.80. The molecule has 0 aliphatic carbocycles. The van der Waals surface area contributed by atoms with Crippen LogP contribution in [0.15, 0.2) is 65.8 Å². The van der Waals surface area contributed by atoms with E-state index in [9.17, 15) is 9.70 Å². The Morgan fingerprint density at radius 2 is 1.72 bits per heavy atom. The number of nitroso groups, excluding NO2 is 1. The Kier molecular flexibility index (Phi) is 9.88. The van der Waals surface area contributed by atoms with Gasteiger partial charge in [-0.15, -0.1) is 4.91 Å². The van der Waals surface area contributed by atoms with Crippen molar-refractivity contribution in [1.29, 1.82) is 0 Å². The number of urea groups is 1. The molecule has 0 radical (unpaired) electrons. The lowest BCUT2D eigenvalue weighted by Gasteiger charge is -2.43. The van der Waals surface area contributed by atoms with Crippen molar-refractivity contribution in [3.05, 3.63) is 81.7 Å². The van der Waals surface area contributed by atoms with Crippen molar-refractivity contribution in [1.82, 2.24) is 9.80 Å². The fourth-order valence-corrected chi connectivity index (χ4v) is 6.69. The SMILES string of the molecule is CCOc1ccccc1-c1cc(C)c(NC(=O)N(CC)C2(N=O)CCN(Cc3ccc(N4CCCC4)cc3)CC2)c(Cl)c1. The molecule has 0 unspecified atom stereocenters. The summed E-state index contributed by atoms with van der Waals surface area (Å²) >= 11 is 6.73. The lowest BCUT2D eigenvalue weighted by atomic mass is 9.95. The number of ether oxygens (including phenoxy) is 1. The zero-order chi connectivity index (χ0) is 30.4. The molecule has 2 fully saturated rings. The molecule has 2 aliphatic rings. The van der Waals surface area contributed by atoms with Crippen LogP contribution in [0.25, 0.3) is 11.1 Å². The number of likely N-dealkylation sites (tertiary alicyclic amines) is 1. The predicted molar refractivity (Wildman–Crippen MR) is 175 cm³/mol. The Hall–Kier alpha value is -3.62. The van der Waals surface area contributed by atoms with Gasteiger partial charge in [-0.2, -0.15) is 0 Å². The number of carbonyl (C=O) groups is 1. The van der Waals surface area contributed by atoms with E-state index < -0.39 is 5.66 Å². The molecule has 3 aromatic carbocycles. The van der Waals surface area contributed by atoms with Gasteiger partial charge < -0.3 is 15.0 Å². The number of nitrogens with zero attached hydrogens (tertiary/aromatic N) is 4. The molecule has 2 saturated heterocycles. The fourth-order valence-electron chi connectivity index (χ4n) is 6.37. The van der Waals surface area contributed by atoms with Crippen LogP contribution in [0.3, 0.4) is 0 Å². The van der Waals surface area contributed by atoms with Crippen LogP contribution in [0.1, 0.15) is 50.7 Å². The number of benzene rings is 3. The van der Waals surface area contributed by atoms with E-state index in [1.54, 1.807) is 4.90 Å². The molecule has 0 aromatic heterocycles. The highest BCUT2D eigenvalue weighted by molar-refractivity contribution is 6.34. The number of nitrogens with one attached hydrogen (secondary N) is 1. The van der Waals surface area contributed by atoms with Gasteiger partial charge in [0.25, 0.3) is 0 Å². The van der Waals surface area contributed by atoms with E-state index in [0.717, 1.165) is 42.1 Å². The number of rotatable bonds is 10. The van der Waals surface area contributed by atoms with Crippen LogP contribution in [0.5, 0.6) is 5.75 Å². The van der Waals surface area contributed by atoms with Crippen LogP contribution in [0.2, 0.25) is 5.02 Å². The first-order valence-electron chi connectivity index (χ1n) is 15.4. The number of halogens is 1. The summed E-state index contributed by atoms with van der Waals surface area (Å²) in [5, 5.41) is 6.98. The summed E-state index contributed by atoms with van der Waals surface area (Å²) in [4.78, 5) is 32.3. The number of carbonyl (C=O) groups excluding carboxylic acids is 1. The number of hydrogen-bond acceptors (Lipinski definition) is 6. The average Bonchev–Trinajstić information content (AvgIpc) is 3.56. The molecule has 228 valence electrons. The topological polar surface area (TPSA) is 77.5 Å². The minimum absolute atomic E-state index is 0.353. The number of para-hydroxylation sites is 1. The molecule has 0 bridgehead atoms. The van der Waals surface area contributed by atoms with Crippen molar-refractivity contribution in [3.8, 4) is 16.9 Å². The standard InChI is InChI=1S/C34H42ClN5O3/c1-4-40(33(41)36-32-25(3)22-27(23-30(32)35)29-10-6-7-11-31(29)43-5-2)34(37-42)16-20-38(21-17-34)24-26-12-14-28(15-13-26)39-18-8-9-19-39/h6-7,10-15,22-23H,4-5,8-9,16-21,24H2,1-3H3,(H,36,41). The molecule has 9 heteroatoms. The van der Waals surface area contributed by atoms with Gasteiger partial charge in [-0.25, -0.2) is 4.79 Å². The fraction of sp³-hybridized carbons (Fsp3) is 0.441. The Morgan fingerprint density at radius 1 is 1.02 bits per heavy atom. The normalized spacial score (nSPS) is 16.6. The van der Waals surface area contributed by atoms with E-state index in [4.69, 9.17) is 16.3 Å². The second-order valence-electron chi connectivity index (χ2n) is 11.5. The minimum Gasteiger partial charge on any atom is -0.493 e. The van der Waals surface area contributed by atoms with Crippen molar-refractivity contribution in [2.24, 2.45) is 5.18 Å². The maximum atomic E-state index is 13.6. The number of piperidine rings is 1. The number of hydrogen-bond donors (Lipinski definition) is 1. The third kappa shape index (κ3) is 6.81. The summed E-state index contributed by atoms with van der Waals surface area (Å²) in [6.45, 7) is 11.1. The molecule has 8 nitrogen and oxygen atoms in total. The van der Waals surface area contributed by atoms with Gasteiger partial charge in [0.05, 0.1) is 17.3 Å². The van der Waals surface area contributed by atoms with Gasteiger partial charge in [0.1, 0.15) is 5.75 Å². The molecule has 1 N–H and O–H groups in total. The lowest BCUT2D eigenvalue weighted by Crippen LogP contribution is -2.57. The summed E-state index contributed by atoms with van der Waals surface area (Å²) in [5.41, 5.74) is 4.61. The first-order valence-corrected chi connectivity index (χ1v) is 15.8. The molecular formula is C34H42ClN5O3. The monoisotopic (exact) mass is 603 g/mol. The minimum atomic E-state index is -1.11. The summed E-state index contributed by atoms with van der Waals surface area (Å²) in [7, 11) is 0. The van der Waals surface area contributed by atoms with Gasteiger partial charge in [-0.1, -0.05) is 41.9 Å². The number of aryl methyl sites for hydroxylation is 1. The zero-order valence-corrected chi connectivity index (χ0v) is 26.2. The van der Waals surface area contributed by atoms with Crippen molar-refractivity contribution in [3.63, 3.8) is 0 Å². The lowest BCUT2D eigenvalue weighted by molar-refractivity contribution is 0.0550. The zero-order valence-electron chi connectivity index (χ0n) is 25.4. The number of anilines is 2. The highest BCUT2D eigenvalue weighted by Crippen LogP contribution is 2.38. The Labute approximate surface area is 259 Å². The van der Waals surface area contributed by atoms with E-state index in [2.05, 4.69) is 44.6 Å². The van der Waals surface area contributed by atoms with Crippen LogP contribution in [0.4, 0.5) is 16.2 Å². The van der Waals surface area contributed by atoms with Crippen LogP contribution in [-0.2, 0) is 6.54 Å². The largest absolute Gasteiger partial charge is 0.493 e. The average molecular weight is 604 g/mol. The molecular weight excluding hydrogens is 562 g/mol. The van der Waals surface area contributed by atoms with Crippen molar-refractivity contribution in [2.75, 3.05) is 49.5 Å². The molecule has 2 heterocycles. The third-order valence-corrected chi connectivity index (χ3v) is 9.02. The van der Waals surface area contributed by atoms with Crippen molar-refractivity contribution < 1.29 is 9.53 Å². The second kappa shape index (κ2) is 13.8. The Bertz CT molecular complexity index is 1390. The first-order chi connectivity index (χ1) is 20.9. The molecule has 2 amide bonds. The third-order valence-electron chi connectivity index (χ3n) is 8.72. The highest BCUT2D eigenvalue weighted by atomic mass is 35.5. The van der Waals surface area contributed by atoms with Gasteiger partial charge in [-0.3, -0.25) is 9.80 Å². The van der Waals surface area contributed by atoms with Gasteiger partial charge >= 0.3 is 6.03 Å². The van der Waals surface area contributed by atoms with E-state index in [1.807, 2.05) is 57.2 Å². The summed E-state index contributed by atoms with van der Waals surface area (Å²) in [6.07, 6.45) is 3.47. The van der Waals surface area contributed by atoms with E-state index in [-0.39, 0.29) is 6.03 Å². The van der Waals surface area contributed by atoms with E-state index in [0.29, 0.717) is 49.8 Å². The summed E-state index contributed by atoms with van der Waals surface area (Å²) in [6, 6.07) is 20.1. The number of amides is 2. The maximum Gasteiger partial charge on any atom is 0.323 e. The predicted octanol–water partition coefficient (Wildman–Crippen LogP) is 7.93. The molecule has 0 spiro atoms.